The van der Waals surface area contributed by atoms with Gasteiger partial charge in [-0.1, -0.05) is 78.9 Å². The lowest BCUT2D eigenvalue weighted by Gasteiger charge is -2.34. The molecule has 4 unspecified atom stereocenters. The monoisotopic (exact) mass is 688 g/mol. The molecule has 0 spiro atoms. The average Bonchev–Trinajstić information content (AvgIpc) is 3.63. The van der Waals surface area contributed by atoms with E-state index in [4.69, 9.17) is 11.5 Å². The van der Waals surface area contributed by atoms with E-state index in [1.54, 1.807) is 36.9 Å². The Kier molecular flexibility index (Phi) is 12.1. The fourth-order valence-electron chi connectivity index (χ4n) is 6.96. The molecule has 1 aliphatic rings. The molecule has 1 heterocycles. The van der Waals surface area contributed by atoms with E-state index in [2.05, 4.69) is 5.32 Å². The summed E-state index contributed by atoms with van der Waals surface area (Å²) >= 11 is 0. The van der Waals surface area contributed by atoms with Crippen molar-refractivity contribution in [2.24, 2.45) is 22.8 Å². The summed E-state index contributed by atoms with van der Waals surface area (Å²) in [4.78, 5) is 56.6. The molecule has 0 aromatic heterocycles. The van der Waals surface area contributed by atoms with Gasteiger partial charge in [-0.2, -0.15) is 0 Å². The van der Waals surface area contributed by atoms with Crippen LogP contribution >= 0.6 is 0 Å². The summed E-state index contributed by atoms with van der Waals surface area (Å²) < 4.78 is 0. The van der Waals surface area contributed by atoms with Gasteiger partial charge in [-0.25, -0.2) is 0 Å². The lowest BCUT2D eigenvalue weighted by atomic mass is 9.76. The fraction of sp³-hybridized carbons (Fsp3) is 0.333. The van der Waals surface area contributed by atoms with E-state index in [0.717, 1.165) is 27.8 Å². The van der Waals surface area contributed by atoms with Crippen molar-refractivity contribution < 1.29 is 24.3 Å². The van der Waals surface area contributed by atoms with Crippen LogP contribution in [0.2, 0.25) is 0 Å². The van der Waals surface area contributed by atoms with Gasteiger partial charge in [0.05, 0.1) is 11.5 Å². The van der Waals surface area contributed by atoms with E-state index < -0.39 is 29.3 Å². The summed E-state index contributed by atoms with van der Waals surface area (Å²) in [6.45, 7) is 4.21. The summed E-state index contributed by atoms with van der Waals surface area (Å²) in [6.07, 6.45) is 2.32. The summed E-state index contributed by atoms with van der Waals surface area (Å²) in [5.74, 6) is -1.84. The van der Waals surface area contributed by atoms with Gasteiger partial charge < -0.3 is 26.8 Å². The molecule has 4 atom stereocenters. The number of rotatable bonds is 15. The molecule has 0 saturated carbocycles. The van der Waals surface area contributed by atoms with Gasteiger partial charge >= 0.3 is 0 Å². The number of nitrogens with zero attached hydrogens (tertiary/aromatic N) is 1. The number of nitrogens with one attached hydrogen (secondary N) is 1. The number of phenolic OH excluding ortho intramolecular Hbond substituents is 1. The minimum atomic E-state index is -1.08. The maximum absolute atomic E-state index is 14.1. The first-order valence-electron chi connectivity index (χ1n) is 17.6. The standard InChI is InChI=1S/C42H48N4O5/c1-28(42(2,41(44)51)26-31-12-7-4-8-13-31)45-39(49)34(22-29-10-5-3-6-11-29)25-38(48)37-14-9-19-46(37)40(50)35-23-32(21-33(24-35)27-43)20-30-15-17-36(47)18-16-30/h3-8,10-13,15-18,21,23-24,28,34,37,47H,9,14,19-20,22,25-27,43H2,1-2H3,(H2,44,51)(H,45,49). The van der Waals surface area contributed by atoms with Crippen LogP contribution in [0.1, 0.15) is 71.3 Å². The molecular formula is C42H48N4O5. The molecule has 1 aliphatic heterocycles. The molecule has 51 heavy (non-hydrogen) atoms. The highest BCUT2D eigenvalue weighted by Gasteiger charge is 2.41. The minimum Gasteiger partial charge on any atom is -0.508 e. The maximum atomic E-state index is 14.1. The topological polar surface area (TPSA) is 156 Å². The zero-order valence-corrected chi connectivity index (χ0v) is 29.4. The van der Waals surface area contributed by atoms with Crippen LogP contribution in [-0.4, -0.2) is 52.1 Å². The van der Waals surface area contributed by atoms with Gasteiger partial charge in [0, 0.05) is 37.0 Å². The Bertz CT molecular complexity index is 1830. The average molecular weight is 689 g/mol. The van der Waals surface area contributed by atoms with Gasteiger partial charge in [0.2, 0.25) is 11.8 Å². The summed E-state index contributed by atoms with van der Waals surface area (Å²) in [5, 5.41) is 12.7. The van der Waals surface area contributed by atoms with Crippen LogP contribution in [0.3, 0.4) is 0 Å². The Morgan fingerprint density at radius 1 is 0.863 bits per heavy atom. The predicted octanol–water partition coefficient (Wildman–Crippen LogP) is 5.10. The van der Waals surface area contributed by atoms with Gasteiger partial charge in [0.25, 0.3) is 5.91 Å². The first kappa shape index (κ1) is 37.0. The van der Waals surface area contributed by atoms with E-state index in [-0.39, 0.29) is 36.3 Å². The second kappa shape index (κ2) is 16.6. The van der Waals surface area contributed by atoms with E-state index in [1.807, 2.05) is 84.9 Å². The largest absolute Gasteiger partial charge is 0.508 e. The summed E-state index contributed by atoms with van der Waals surface area (Å²) in [7, 11) is 0. The molecule has 9 heteroatoms. The number of primary amides is 1. The third-order valence-corrected chi connectivity index (χ3v) is 10.2. The quantitative estimate of drug-likeness (QED) is 0.136. The molecular weight excluding hydrogens is 640 g/mol. The lowest BCUT2D eigenvalue weighted by molar-refractivity contribution is -0.134. The van der Waals surface area contributed by atoms with Crippen LogP contribution in [0.5, 0.6) is 5.75 Å². The number of hydrogen-bond acceptors (Lipinski definition) is 6. The SMILES string of the molecule is CC(NC(=O)C(CC(=O)C1CCCN1C(=O)c1cc(CN)cc(Cc2ccc(O)cc2)c1)Cc1ccccc1)C(C)(Cc1ccccc1)C(N)=O. The molecule has 0 bridgehead atoms. The highest BCUT2D eigenvalue weighted by Crippen LogP contribution is 2.29. The number of hydrogen-bond donors (Lipinski definition) is 4. The van der Waals surface area contributed by atoms with E-state index in [0.29, 0.717) is 44.2 Å². The van der Waals surface area contributed by atoms with Crippen LogP contribution in [0.15, 0.2) is 103 Å². The number of likely N-dealkylation sites (tertiary alicyclic amines) is 1. The van der Waals surface area contributed by atoms with Gasteiger partial charge in [-0.05, 0) is 98.0 Å². The van der Waals surface area contributed by atoms with Crippen molar-refractivity contribution in [3.05, 3.63) is 137 Å². The van der Waals surface area contributed by atoms with Crippen LogP contribution in [0.25, 0.3) is 0 Å². The Morgan fingerprint density at radius 2 is 1.49 bits per heavy atom. The second-order valence-electron chi connectivity index (χ2n) is 14.0. The molecule has 266 valence electrons. The van der Waals surface area contributed by atoms with Crippen LogP contribution in [-0.2, 0) is 40.2 Å². The van der Waals surface area contributed by atoms with Crippen molar-refractivity contribution in [1.82, 2.24) is 10.2 Å². The van der Waals surface area contributed by atoms with Crippen LogP contribution in [0, 0.1) is 11.3 Å². The van der Waals surface area contributed by atoms with Crippen molar-refractivity contribution in [1.29, 1.82) is 0 Å². The molecule has 0 radical (unpaired) electrons. The van der Waals surface area contributed by atoms with Crippen molar-refractivity contribution in [3.8, 4) is 5.75 Å². The molecule has 5 rings (SSSR count). The third kappa shape index (κ3) is 9.29. The van der Waals surface area contributed by atoms with Gasteiger partial charge in [0.1, 0.15) is 5.75 Å². The van der Waals surface area contributed by atoms with Crippen molar-refractivity contribution >= 4 is 23.5 Å². The summed E-state index contributed by atoms with van der Waals surface area (Å²) in [6, 6.07) is 30.3. The number of carbonyl (C=O) groups is 4. The fourth-order valence-corrected chi connectivity index (χ4v) is 6.96. The number of aromatic hydroxyl groups is 1. The van der Waals surface area contributed by atoms with E-state index >= 15 is 0 Å². The zero-order chi connectivity index (χ0) is 36.5. The number of nitrogens with two attached hydrogens (primary N) is 2. The third-order valence-electron chi connectivity index (χ3n) is 10.2. The number of Topliss-reactive ketones (excluding diaryl/α,β-unsaturated/α-hetero) is 1. The Morgan fingerprint density at radius 3 is 2.12 bits per heavy atom. The number of benzene rings is 4. The van der Waals surface area contributed by atoms with Crippen LogP contribution in [0.4, 0.5) is 0 Å². The van der Waals surface area contributed by atoms with Crippen LogP contribution < -0.4 is 16.8 Å². The summed E-state index contributed by atoms with van der Waals surface area (Å²) in [5.41, 5.74) is 15.8. The molecule has 4 aromatic rings. The predicted molar refractivity (Wildman–Crippen MR) is 198 cm³/mol. The number of phenols is 1. The molecule has 6 N–H and O–H groups in total. The van der Waals surface area contributed by atoms with Gasteiger partial charge in [-0.15, -0.1) is 0 Å². The Hall–Kier alpha value is -5.28. The Balaban J connectivity index is 1.34. The van der Waals surface area contributed by atoms with Crippen molar-refractivity contribution in [3.63, 3.8) is 0 Å². The normalized spacial score (nSPS) is 16.5. The van der Waals surface area contributed by atoms with E-state index in [9.17, 15) is 24.3 Å². The first-order chi connectivity index (χ1) is 24.5. The minimum absolute atomic E-state index is 0.0667. The molecule has 4 aromatic carbocycles. The lowest BCUT2D eigenvalue weighted by Crippen LogP contribution is -2.54. The van der Waals surface area contributed by atoms with E-state index in [1.165, 1.54) is 0 Å². The number of carbonyl (C=O) groups excluding carboxylic acids is 4. The molecule has 9 nitrogen and oxygen atoms in total. The molecule has 1 saturated heterocycles. The Labute approximate surface area is 300 Å². The molecule has 0 aliphatic carbocycles. The smallest absolute Gasteiger partial charge is 0.254 e. The second-order valence-corrected chi connectivity index (χ2v) is 14.0. The molecule has 1 fully saturated rings. The van der Waals surface area contributed by atoms with Gasteiger partial charge in [0.15, 0.2) is 5.78 Å². The number of ketones is 1. The molecule has 3 amide bonds. The van der Waals surface area contributed by atoms with Gasteiger partial charge in [-0.3, -0.25) is 19.2 Å². The van der Waals surface area contributed by atoms with Crippen molar-refractivity contribution in [2.75, 3.05) is 6.54 Å². The number of amides is 3. The van der Waals surface area contributed by atoms with Crippen molar-refractivity contribution in [2.45, 2.75) is 71.0 Å². The maximum Gasteiger partial charge on any atom is 0.254 e. The highest BCUT2D eigenvalue weighted by atomic mass is 16.3. The zero-order valence-electron chi connectivity index (χ0n) is 29.4. The first-order valence-corrected chi connectivity index (χ1v) is 17.6. The highest BCUT2D eigenvalue weighted by molar-refractivity contribution is 5.99.